The Kier molecular flexibility index (Phi) is 5.30. The van der Waals surface area contributed by atoms with Crippen molar-refractivity contribution in [3.05, 3.63) is 62.8 Å². The molecule has 1 aliphatic rings. The van der Waals surface area contributed by atoms with Crippen molar-refractivity contribution in [3.63, 3.8) is 0 Å². The predicted octanol–water partition coefficient (Wildman–Crippen LogP) is 5.61. The van der Waals surface area contributed by atoms with E-state index in [4.69, 9.17) is 16.3 Å². The summed E-state index contributed by atoms with van der Waals surface area (Å²) < 4.78 is 36.8. The number of fused-ring (bicyclic) bond motifs is 1. The Labute approximate surface area is 168 Å². The van der Waals surface area contributed by atoms with Gasteiger partial charge in [0, 0.05) is 28.1 Å². The Hall–Kier alpha value is -1.24. The third-order valence-corrected chi connectivity index (χ3v) is 6.91. The minimum atomic E-state index is -1.43. The maximum atomic E-state index is 14.0. The number of benzene rings is 2. The molecule has 0 amide bonds. The van der Waals surface area contributed by atoms with Crippen LogP contribution in [0.2, 0.25) is 5.02 Å². The minimum Gasteiger partial charge on any atom is -0.476 e. The fourth-order valence-corrected chi connectivity index (χ4v) is 3.96. The summed E-state index contributed by atoms with van der Waals surface area (Å²) in [6.45, 7) is 5.56. The Bertz CT molecular complexity index is 899. The molecule has 1 aliphatic heterocycles. The Morgan fingerprint density at radius 1 is 1.35 bits per heavy atom. The first-order valence-corrected chi connectivity index (χ1v) is 10.3. The highest BCUT2D eigenvalue weighted by molar-refractivity contribution is 9.10. The Balaban J connectivity index is 2.09. The molecule has 0 saturated carbocycles. The molecule has 26 heavy (non-hydrogen) atoms. The molecule has 7 heteroatoms. The smallest absolute Gasteiger partial charge is 0.174 e. The topological polar surface area (TPSA) is 38.7 Å². The van der Waals surface area contributed by atoms with Crippen LogP contribution in [0, 0.1) is 5.82 Å². The molecule has 1 unspecified atom stereocenters. The molecule has 1 heterocycles. The van der Waals surface area contributed by atoms with E-state index in [1.165, 1.54) is 6.07 Å². The summed E-state index contributed by atoms with van der Waals surface area (Å²) in [5.41, 5.74) is 0.631. The molecule has 0 fully saturated rings. The van der Waals surface area contributed by atoms with Crippen LogP contribution in [0.4, 0.5) is 4.39 Å². The first-order chi connectivity index (χ1) is 12.1. The van der Waals surface area contributed by atoms with Gasteiger partial charge in [0.2, 0.25) is 0 Å². The van der Waals surface area contributed by atoms with E-state index in [9.17, 15) is 8.60 Å². The van der Waals surface area contributed by atoms with Crippen molar-refractivity contribution in [2.75, 3.05) is 0 Å². The van der Waals surface area contributed by atoms with E-state index in [-0.39, 0.29) is 5.02 Å². The van der Waals surface area contributed by atoms with Crippen molar-refractivity contribution in [2.24, 2.45) is 4.40 Å². The van der Waals surface area contributed by atoms with Gasteiger partial charge in [0.1, 0.15) is 22.6 Å². The van der Waals surface area contributed by atoms with Gasteiger partial charge in [-0.15, -0.1) is 0 Å². The monoisotopic (exact) mass is 457 g/mol. The number of halogens is 3. The number of rotatable bonds is 3. The number of hydrogen-bond acceptors (Lipinski definition) is 2. The summed E-state index contributed by atoms with van der Waals surface area (Å²) in [5, 5.41) is 0.0198. The number of nitrogens with zero attached hydrogens (tertiary/aromatic N) is 1. The van der Waals surface area contributed by atoms with Gasteiger partial charge in [-0.25, -0.2) is 8.60 Å². The molecule has 0 saturated heterocycles. The van der Waals surface area contributed by atoms with E-state index in [0.29, 0.717) is 16.6 Å². The minimum absolute atomic E-state index is 0.0198. The van der Waals surface area contributed by atoms with Crippen molar-refractivity contribution < 1.29 is 13.3 Å². The highest BCUT2D eigenvalue weighted by Gasteiger charge is 2.42. The van der Waals surface area contributed by atoms with E-state index in [2.05, 4.69) is 20.3 Å². The van der Waals surface area contributed by atoms with Gasteiger partial charge < -0.3 is 4.74 Å². The van der Waals surface area contributed by atoms with Crippen molar-refractivity contribution in [1.82, 2.24) is 0 Å². The fraction of sp³-hybridized carbons (Fsp3) is 0.316. The summed E-state index contributed by atoms with van der Waals surface area (Å²) in [7, 11) is -1.43. The molecule has 0 spiro atoms. The zero-order valence-corrected chi connectivity index (χ0v) is 17.7. The Morgan fingerprint density at radius 3 is 2.62 bits per heavy atom. The van der Waals surface area contributed by atoms with Gasteiger partial charge in [-0.05, 0) is 36.7 Å². The lowest BCUT2D eigenvalue weighted by Crippen LogP contribution is -2.34. The second-order valence-corrected chi connectivity index (χ2v) is 10.2. The SMILES string of the molecule is CC(C)(C)S(=O)N=C[C@@]1(c2ccccc2)Cc2c(cc(F)c(Cl)c2Br)O1. The van der Waals surface area contributed by atoms with Crippen LogP contribution in [-0.4, -0.2) is 15.2 Å². The fourth-order valence-electron chi connectivity index (χ4n) is 2.68. The van der Waals surface area contributed by atoms with Gasteiger partial charge in [0.25, 0.3) is 0 Å². The molecule has 0 bridgehead atoms. The van der Waals surface area contributed by atoms with E-state index in [1.54, 1.807) is 6.21 Å². The standard InChI is InChI=1S/C19H18BrClFNO2S/c1-18(2,3)26(24)23-11-19(12-7-5-4-6-8-12)10-13-15(25-19)9-14(22)17(21)16(13)20/h4-9,11H,10H2,1-3H3/t19-,26?/m1/s1. The molecule has 2 aromatic carbocycles. The van der Waals surface area contributed by atoms with Gasteiger partial charge >= 0.3 is 0 Å². The van der Waals surface area contributed by atoms with E-state index < -0.39 is 27.2 Å². The summed E-state index contributed by atoms with van der Waals surface area (Å²) in [6, 6.07) is 10.8. The molecular formula is C19H18BrClFNO2S. The molecule has 2 aromatic rings. The van der Waals surface area contributed by atoms with Crippen LogP contribution in [0.1, 0.15) is 31.9 Å². The number of ether oxygens (including phenoxy) is 1. The molecule has 0 aromatic heterocycles. The molecular weight excluding hydrogens is 441 g/mol. The van der Waals surface area contributed by atoms with Crippen LogP contribution in [0.3, 0.4) is 0 Å². The third kappa shape index (κ3) is 3.59. The van der Waals surface area contributed by atoms with Crippen LogP contribution >= 0.6 is 27.5 Å². The van der Waals surface area contributed by atoms with Gasteiger partial charge in [0.05, 0.1) is 16.0 Å². The quantitative estimate of drug-likeness (QED) is 0.443. The number of hydrogen-bond donors (Lipinski definition) is 0. The van der Waals surface area contributed by atoms with Crippen LogP contribution in [-0.2, 0) is 23.0 Å². The van der Waals surface area contributed by atoms with Crippen LogP contribution in [0.25, 0.3) is 0 Å². The first kappa shape index (κ1) is 19.5. The zero-order valence-electron chi connectivity index (χ0n) is 14.6. The van der Waals surface area contributed by atoms with Crippen molar-refractivity contribution >= 4 is 44.7 Å². The van der Waals surface area contributed by atoms with E-state index in [0.717, 1.165) is 11.1 Å². The molecule has 0 aliphatic carbocycles. The molecule has 0 N–H and O–H groups in total. The second kappa shape index (κ2) is 7.06. The highest BCUT2D eigenvalue weighted by atomic mass is 79.9. The normalized spacial score (nSPS) is 20.8. The predicted molar refractivity (Wildman–Crippen MR) is 108 cm³/mol. The summed E-state index contributed by atoms with van der Waals surface area (Å²) >= 11 is 9.39. The van der Waals surface area contributed by atoms with Crippen LogP contribution in [0.5, 0.6) is 5.75 Å². The van der Waals surface area contributed by atoms with E-state index in [1.807, 2.05) is 51.1 Å². The molecule has 3 rings (SSSR count). The second-order valence-electron chi connectivity index (χ2n) is 7.09. The van der Waals surface area contributed by atoms with Crippen LogP contribution < -0.4 is 4.74 Å². The van der Waals surface area contributed by atoms with Crippen LogP contribution in [0.15, 0.2) is 45.3 Å². The van der Waals surface area contributed by atoms with Gasteiger partial charge in [-0.2, -0.15) is 4.40 Å². The maximum absolute atomic E-state index is 14.0. The average molecular weight is 459 g/mol. The highest BCUT2D eigenvalue weighted by Crippen LogP contribution is 2.46. The van der Waals surface area contributed by atoms with Crippen molar-refractivity contribution in [1.29, 1.82) is 0 Å². The largest absolute Gasteiger partial charge is 0.476 e. The molecule has 0 radical (unpaired) electrons. The van der Waals surface area contributed by atoms with E-state index >= 15 is 0 Å². The maximum Gasteiger partial charge on any atom is 0.174 e. The Morgan fingerprint density at radius 2 is 2.00 bits per heavy atom. The van der Waals surface area contributed by atoms with Crippen molar-refractivity contribution in [2.45, 2.75) is 37.5 Å². The summed E-state index contributed by atoms with van der Waals surface area (Å²) in [4.78, 5) is 0. The lowest BCUT2D eigenvalue weighted by molar-refractivity contribution is 0.177. The lowest BCUT2D eigenvalue weighted by atomic mass is 9.90. The molecule has 3 nitrogen and oxygen atoms in total. The lowest BCUT2D eigenvalue weighted by Gasteiger charge is -2.25. The van der Waals surface area contributed by atoms with Crippen molar-refractivity contribution in [3.8, 4) is 5.75 Å². The molecule has 2 atom stereocenters. The average Bonchev–Trinajstić information content (AvgIpc) is 2.97. The first-order valence-electron chi connectivity index (χ1n) is 8.02. The third-order valence-electron chi connectivity index (χ3n) is 4.10. The van der Waals surface area contributed by atoms with Gasteiger partial charge in [-0.3, -0.25) is 0 Å². The van der Waals surface area contributed by atoms with Gasteiger partial charge in [0.15, 0.2) is 5.60 Å². The zero-order chi connectivity index (χ0) is 19.1. The summed E-state index contributed by atoms with van der Waals surface area (Å²) in [5.74, 6) is -0.160. The molecule has 138 valence electrons. The van der Waals surface area contributed by atoms with Gasteiger partial charge in [-0.1, -0.05) is 41.9 Å². The summed E-state index contributed by atoms with van der Waals surface area (Å²) in [6.07, 6.45) is 1.97.